The third kappa shape index (κ3) is 4.31. The highest BCUT2D eigenvalue weighted by Gasteiger charge is 2.03. The second-order valence-corrected chi connectivity index (χ2v) is 3.65. The van der Waals surface area contributed by atoms with Crippen LogP contribution in [0.15, 0.2) is 28.7 Å². The number of halogens is 1. The van der Waals surface area contributed by atoms with Gasteiger partial charge in [0, 0.05) is 6.54 Å². The minimum absolute atomic E-state index is 0.0530. The summed E-state index contributed by atoms with van der Waals surface area (Å²) in [5, 5.41) is 11.0. The van der Waals surface area contributed by atoms with Crippen LogP contribution in [0.4, 0.5) is 0 Å². The normalized spacial score (nSPS) is 9.73. The van der Waals surface area contributed by atoms with E-state index >= 15 is 0 Å². The smallest absolute Gasteiger partial charge is 0.258 e. The summed E-state index contributed by atoms with van der Waals surface area (Å²) in [6.45, 7) is 0.127. The molecule has 0 atom stereocenters. The molecule has 0 fully saturated rings. The molecule has 5 heteroatoms. The second kappa shape index (κ2) is 6.42. The van der Waals surface area contributed by atoms with Crippen molar-refractivity contribution in [2.24, 2.45) is 0 Å². The minimum Gasteiger partial charge on any atom is -0.483 e. The number of amides is 1. The number of para-hydroxylation sites is 1. The Balaban J connectivity index is 2.37. The van der Waals surface area contributed by atoms with Gasteiger partial charge in [0.2, 0.25) is 0 Å². The zero-order valence-corrected chi connectivity index (χ0v) is 9.66. The molecule has 0 spiro atoms. The standard InChI is InChI=1S/C10H12BrNO3/c11-8-3-1-2-4-9(8)15-7-10(14)12-5-6-13/h1-4,13H,5-7H2,(H,12,14). The average Bonchev–Trinajstić information content (AvgIpc) is 2.25. The highest BCUT2D eigenvalue weighted by molar-refractivity contribution is 9.10. The van der Waals surface area contributed by atoms with E-state index in [1.54, 1.807) is 6.07 Å². The molecule has 1 rings (SSSR count). The van der Waals surface area contributed by atoms with Crippen molar-refractivity contribution in [3.05, 3.63) is 28.7 Å². The number of hydrogen-bond donors (Lipinski definition) is 2. The van der Waals surface area contributed by atoms with Gasteiger partial charge in [-0.2, -0.15) is 0 Å². The van der Waals surface area contributed by atoms with E-state index in [0.717, 1.165) is 4.47 Å². The molecule has 0 aliphatic heterocycles. The summed E-state index contributed by atoms with van der Waals surface area (Å²) in [5.74, 6) is 0.372. The Bertz CT molecular complexity index is 330. The largest absolute Gasteiger partial charge is 0.483 e. The maximum atomic E-state index is 11.1. The molecule has 1 aromatic rings. The number of carbonyl (C=O) groups is 1. The van der Waals surface area contributed by atoms with E-state index in [1.165, 1.54) is 0 Å². The van der Waals surface area contributed by atoms with Crippen molar-refractivity contribution in [3.8, 4) is 5.75 Å². The van der Waals surface area contributed by atoms with Crippen LogP contribution in [0.5, 0.6) is 5.75 Å². The first-order valence-electron chi connectivity index (χ1n) is 4.49. The Morgan fingerprint density at radius 1 is 1.47 bits per heavy atom. The fraction of sp³-hybridized carbons (Fsp3) is 0.300. The molecule has 15 heavy (non-hydrogen) atoms. The SMILES string of the molecule is O=C(COc1ccccc1Br)NCCO. The van der Waals surface area contributed by atoms with Gasteiger partial charge in [0.05, 0.1) is 11.1 Å². The van der Waals surface area contributed by atoms with Crippen LogP contribution in [0.25, 0.3) is 0 Å². The predicted molar refractivity (Wildman–Crippen MR) is 59.7 cm³/mol. The minimum atomic E-state index is -0.250. The zero-order chi connectivity index (χ0) is 11.1. The molecular formula is C10H12BrNO3. The van der Waals surface area contributed by atoms with Crippen LogP contribution >= 0.6 is 15.9 Å². The Morgan fingerprint density at radius 3 is 2.87 bits per heavy atom. The number of ether oxygens (including phenoxy) is 1. The first kappa shape index (κ1) is 12.0. The molecular weight excluding hydrogens is 262 g/mol. The fourth-order valence-corrected chi connectivity index (χ4v) is 1.35. The number of aliphatic hydroxyl groups is 1. The van der Waals surface area contributed by atoms with Gasteiger partial charge in [0.25, 0.3) is 5.91 Å². The van der Waals surface area contributed by atoms with Crippen LogP contribution in [-0.2, 0) is 4.79 Å². The van der Waals surface area contributed by atoms with Crippen LogP contribution in [0.2, 0.25) is 0 Å². The van der Waals surface area contributed by atoms with E-state index in [-0.39, 0.29) is 25.7 Å². The number of carbonyl (C=O) groups excluding carboxylic acids is 1. The molecule has 0 unspecified atom stereocenters. The van der Waals surface area contributed by atoms with E-state index in [2.05, 4.69) is 21.2 Å². The van der Waals surface area contributed by atoms with Crippen LogP contribution in [0, 0.1) is 0 Å². The van der Waals surface area contributed by atoms with Gasteiger partial charge in [0.15, 0.2) is 6.61 Å². The maximum absolute atomic E-state index is 11.1. The van der Waals surface area contributed by atoms with E-state index in [9.17, 15) is 4.79 Å². The second-order valence-electron chi connectivity index (χ2n) is 2.79. The highest BCUT2D eigenvalue weighted by atomic mass is 79.9. The Hall–Kier alpha value is -1.07. The quantitative estimate of drug-likeness (QED) is 0.840. The van der Waals surface area contributed by atoms with Crippen molar-refractivity contribution in [2.45, 2.75) is 0 Å². The lowest BCUT2D eigenvalue weighted by molar-refractivity contribution is -0.123. The van der Waals surface area contributed by atoms with Crippen LogP contribution in [0.3, 0.4) is 0 Å². The van der Waals surface area contributed by atoms with Gasteiger partial charge in [-0.3, -0.25) is 4.79 Å². The molecule has 0 bridgehead atoms. The van der Waals surface area contributed by atoms with Gasteiger partial charge < -0.3 is 15.2 Å². The molecule has 1 aromatic carbocycles. The topological polar surface area (TPSA) is 58.6 Å². The summed E-state index contributed by atoms with van der Waals surface area (Å²) in [5.41, 5.74) is 0. The highest BCUT2D eigenvalue weighted by Crippen LogP contribution is 2.23. The number of rotatable bonds is 5. The Kier molecular flexibility index (Phi) is 5.14. The fourth-order valence-electron chi connectivity index (χ4n) is 0.951. The molecule has 0 saturated heterocycles. The van der Waals surface area contributed by atoms with E-state index < -0.39 is 0 Å². The summed E-state index contributed by atoms with van der Waals surface area (Å²) < 4.78 is 6.06. The summed E-state index contributed by atoms with van der Waals surface area (Å²) in [6.07, 6.45) is 0. The van der Waals surface area contributed by atoms with Gasteiger partial charge in [-0.15, -0.1) is 0 Å². The zero-order valence-electron chi connectivity index (χ0n) is 8.07. The lowest BCUT2D eigenvalue weighted by atomic mass is 10.3. The van der Waals surface area contributed by atoms with Gasteiger partial charge in [-0.1, -0.05) is 12.1 Å². The molecule has 1 amide bonds. The molecule has 0 aromatic heterocycles. The average molecular weight is 274 g/mol. The van der Waals surface area contributed by atoms with E-state index in [1.807, 2.05) is 18.2 Å². The lowest BCUT2D eigenvalue weighted by Gasteiger charge is -2.07. The monoisotopic (exact) mass is 273 g/mol. The summed E-state index contributed by atoms with van der Waals surface area (Å²) in [7, 11) is 0. The van der Waals surface area contributed by atoms with Gasteiger partial charge in [-0.25, -0.2) is 0 Å². The van der Waals surface area contributed by atoms with Crippen molar-refractivity contribution >= 4 is 21.8 Å². The number of benzene rings is 1. The number of nitrogens with one attached hydrogen (secondary N) is 1. The molecule has 0 heterocycles. The van der Waals surface area contributed by atoms with Crippen molar-refractivity contribution in [3.63, 3.8) is 0 Å². The van der Waals surface area contributed by atoms with Gasteiger partial charge in [-0.05, 0) is 28.1 Å². The van der Waals surface area contributed by atoms with E-state index in [4.69, 9.17) is 9.84 Å². The maximum Gasteiger partial charge on any atom is 0.258 e. The summed E-state index contributed by atoms with van der Waals surface area (Å²) in [4.78, 5) is 11.1. The number of aliphatic hydroxyl groups excluding tert-OH is 1. The molecule has 0 aliphatic rings. The third-order valence-corrected chi connectivity index (χ3v) is 2.28. The molecule has 0 aliphatic carbocycles. The lowest BCUT2D eigenvalue weighted by Crippen LogP contribution is -2.31. The van der Waals surface area contributed by atoms with Crippen LogP contribution in [-0.4, -0.2) is 30.8 Å². The third-order valence-electron chi connectivity index (χ3n) is 1.63. The predicted octanol–water partition coefficient (Wildman–Crippen LogP) is 0.936. The molecule has 4 nitrogen and oxygen atoms in total. The first-order chi connectivity index (χ1) is 7.24. The molecule has 0 saturated carbocycles. The van der Waals surface area contributed by atoms with Crippen LogP contribution < -0.4 is 10.1 Å². The Morgan fingerprint density at radius 2 is 2.20 bits per heavy atom. The molecule has 2 N–H and O–H groups in total. The van der Waals surface area contributed by atoms with Crippen molar-refractivity contribution < 1.29 is 14.6 Å². The Labute approximate surface area is 96.4 Å². The first-order valence-corrected chi connectivity index (χ1v) is 5.28. The summed E-state index contributed by atoms with van der Waals surface area (Å²) >= 11 is 3.30. The van der Waals surface area contributed by atoms with Crippen molar-refractivity contribution in [1.82, 2.24) is 5.32 Å². The van der Waals surface area contributed by atoms with E-state index in [0.29, 0.717) is 5.75 Å². The van der Waals surface area contributed by atoms with Crippen molar-refractivity contribution in [1.29, 1.82) is 0 Å². The van der Waals surface area contributed by atoms with Crippen molar-refractivity contribution in [2.75, 3.05) is 19.8 Å². The summed E-state index contributed by atoms with van der Waals surface area (Å²) in [6, 6.07) is 7.29. The van der Waals surface area contributed by atoms with Crippen LogP contribution in [0.1, 0.15) is 0 Å². The van der Waals surface area contributed by atoms with Gasteiger partial charge in [0.1, 0.15) is 5.75 Å². The number of hydrogen-bond acceptors (Lipinski definition) is 3. The molecule has 82 valence electrons. The molecule has 0 radical (unpaired) electrons. The van der Waals surface area contributed by atoms with Gasteiger partial charge >= 0.3 is 0 Å².